The van der Waals surface area contributed by atoms with Gasteiger partial charge in [-0.1, -0.05) is 72.3 Å². The van der Waals surface area contributed by atoms with Gasteiger partial charge in [-0.3, -0.25) is 10.1 Å². The minimum Gasteiger partial charge on any atom is -0.495 e. The van der Waals surface area contributed by atoms with Crippen LogP contribution in [-0.4, -0.2) is 26.1 Å². The van der Waals surface area contributed by atoms with E-state index in [1.165, 1.54) is 5.56 Å². The number of hydrogen-bond acceptors (Lipinski definition) is 4. The summed E-state index contributed by atoms with van der Waals surface area (Å²) in [6.45, 7) is 2.48. The highest BCUT2D eigenvalue weighted by Gasteiger charge is 2.21. The molecule has 1 amide bonds. The lowest BCUT2D eigenvalue weighted by atomic mass is 9.98. The number of benzene rings is 3. The van der Waals surface area contributed by atoms with E-state index in [0.29, 0.717) is 18.0 Å². The largest absolute Gasteiger partial charge is 0.495 e. The first-order chi connectivity index (χ1) is 15.1. The monoisotopic (exact) mass is 413 g/mol. The van der Waals surface area contributed by atoms with Gasteiger partial charge in [0.05, 0.1) is 37.9 Å². The molecule has 158 valence electrons. The Hall–Kier alpha value is -3.62. The number of aryl methyl sites for hydroxylation is 1. The zero-order valence-corrected chi connectivity index (χ0v) is 17.9. The Morgan fingerprint density at radius 1 is 1.00 bits per heavy atom. The van der Waals surface area contributed by atoms with Crippen LogP contribution in [0.1, 0.15) is 29.2 Å². The van der Waals surface area contributed by atoms with E-state index in [1.54, 1.807) is 12.0 Å². The van der Waals surface area contributed by atoms with Gasteiger partial charge in [-0.05, 0) is 30.2 Å². The number of hydrogen-bond donors (Lipinski definition) is 1. The normalized spacial score (nSPS) is 11.4. The zero-order valence-electron chi connectivity index (χ0n) is 17.9. The fourth-order valence-corrected chi connectivity index (χ4v) is 3.51. The molecule has 3 rings (SSSR count). The van der Waals surface area contributed by atoms with Crippen molar-refractivity contribution in [2.24, 2.45) is 0 Å². The van der Waals surface area contributed by atoms with Crippen molar-refractivity contribution in [1.29, 1.82) is 5.26 Å². The highest BCUT2D eigenvalue weighted by Crippen LogP contribution is 2.28. The number of methoxy groups -OCH3 is 1. The summed E-state index contributed by atoms with van der Waals surface area (Å²) in [7, 11) is 1.58. The third kappa shape index (κ3) is 5.71. The molecule has 0 bridgehead atoms. The Bertz CT molecular complexity index is 1030. The quantitative estimate of drug-likeness (QED) is 0.555. The topological polar surface area (TPSA) is 65.4 Å². The first kappa shape index (κ1) is 22.1. The zero-order chi connectivity index (χ0) is 22.1. The van der Waals surface area contributed by atoms with E-state index in [2.05, 4.69) is 54.7 Å². The van der Waals surface area contributed by atoms with Crippen LogP contribution in [0.15, 0.2) is 78.9 Å². The van der Waals surface area contributed by atoms with Crippen LogP contribution in [0.4, 0.5) is 5.69 Å². The molecule has 31 heavy (non-hydrogen) atoms. The third-order valence-corrected chi connectivity index (χ3v) is 5.13. The first-order valence-corrected chi connectivity index (χ1v) is 10.3. The van der Waals surface area contributed by atoms with Crippen molar-refractivity contribution in [1.82, 2.24) is 5.32 Å². The maximum atomic E-state index is 13.2. The Kier molecular flexibility index (Phi) is 7.80. The molecule has 0 aliphatic heterocycles. The maximum absolute atomic E-state index is 13.2. The number of nitriles is 1. The van der Waals surface area contributed by atoms with Gasteiger partial charge >= 0.3 is 0 Å². The van der Waals surface area contributed by atoms with E-state index in [1.807, 2.05) is 42.5 Å². The molecule has 1 atom stereocenters. The van der Waals surface area contributed by atoms with Crippen molar-refractivity contribution in [3.63, 3.8) is 0 Å². The van der Waals surface area contributed by atoms with Crippen molar-refractivity contribution in [2.45, 2.75) is 19.4 Å². The average molecular weight is 414 g/mol. The molecule has 0 radical (unpaired) electrons. The highest BCUT2D eigenvalue weighted by atomic mass is 16.5. The van der Waals surface area contributed by atoms with Crippen LogP contribution in [0.25, 0.3) is 0 Å². The van der Waals surface area contributed by atoms with Crippen molar-refractivity contribution in [3.8, 4) is 11.8 Å². The van der Waals surface area contributed by atoms with Crippen LogP contribution < -0.4 is 15.0 Å². The Morgan fingerprint density at radius 2 is 1.65 bits per heavy atom. The van der Waals surface area contributed by atoms with Crippen molar-refractivity contribution in [2.75, 3.05) is 25.1 Å². The maximum Gasteiger partial charge on any atom is 0.241 e. The molecule has 5 heteroatoms. The Morgan fingerprint density at radius 3 is 2.32 bits per heavy atom. The van der Waals surface area contributed by atoms with E-state index in [9.17, 15) is 4.79 Å². The van der Waals surface area contributed by atoms with E-state index < -0.39 is 0 Å². The molecule has 0 aliphatic carbocycles. The molecule has 0 aromatic heterocycles. The summed E-state index contributed by atoms with van der Waals surface area (Å²) in [5.41, 5.74) is 4.02. The van der Waals surface area contributed by atoms with Crippen LogP contribution in [-0.2, 0) is 4.79 Å². The molecule has 0 fully saturated rings. The molecule has 1 N–H and O–H groups in total. The van der Waals surface area contributed by atoms with E-state index >= 15 is 0 Å². The van der Waals surface area contributed by atoms with Crippen LogP contribution in [0.5, 0.6) is 5.75 Å². The summed E-state index contributed by atoms with van der Waals surface area (Å²) in [4.78, 5) is 14.9. The molecule has 3 aromatic carbocycles. The summed E-state index contributed by atoms with van der Waals surface area (Å²) in [6.07, 6.45) is 0.240. The minimum absolute atomic E-state index is 0.118. The number of carbonyl (C=O) groups excluding carboxylic acids is 1. The van der Waals surface area contributed by atoms with E-state index in [0.717, 1.165) is 11.1 Å². The van der Waals surface area contributed by atoms with E-state index in [4.69, 9.17) is 10.00 Å². The fraction of sp³-hybridized carbons (Fsp3) is 0.231. The SMILES string of the molecule is COc1ccccc1N(CCC#N)C(=O)CN[C@@H](c1ccccc1)c1ccc(C)cc1. The standard InChI is InChI=1S/C26H27N3O2/c1-20-13-15-22(16-14-20)26(21-9-4-3-5-10-21)28-19-25(30)29(18-8-17-27)23-11-6-7-12-24(23)31-2/h3-7,9-16,26,28H,8,18-19H2,1-2H3/t26-/m0/s1. The molecule has 5 nitrogen and oxygen atoms in total. The predicted molar refractivity (Wildman–Crippen MR) is 123 cm³/mol. The molecule has 0 aliphatic rings. The van der Waals surface area contributed by atoms with Gasteiger partial charge < -0.3 is 9.64 Å². The molecule has 0 saturated heterocycles. The number of rotatable bonds is 9. The summed E-state index contributed by atoms with van der Waals surface area (Å²) in [5.74, 6) is 0.486. The second-order valence-corrected chi connectivity index (χ2v) is 7.26. The number of ether oxygens (including phenoxy) is 1. The molecule has 0 unspecified atom stereocenters. The molecular weight excluding hydrogens is 386 g/mol. The van der Waals surface area contributed by atoms with Gasteiger partial charge in [-0.2, -0.15) is 5.26 Å². The van der Waals surface area contributed by atoms with Gasteiger partial charge in [0.1, 0.15) is 5.75 Å². The smallest absolute Gasteiger partial charge is 0.241 e. The molecule has 0 saturated carbocycles. The van der Waals surface area contributed by atoms with Crippen LogP contribution in [0, 0.1) is 18.3 Å². The number of nitrogens with zero attached hydrogens (tertiary/aromatic N) is 2. The summed E-state index contributed by atoms with van der Waals surface area (Å²) < 4.78 is 5.43. The van der Waals surface area contributed by atoms with Gasteiger partial charge in [0, 0.05) is 6.54 Å². The van der Waals surface area contributed by atoms with Gasteiger partial charge in [-0.15, -0.1) is 0 Å². The summed E-state index contributed by atoms with van der Waals surface area (Å²) in [6, 6.07) is 27.7. The van der Waals surface area contributed by atoms with Crippen molar-refractivity contribution >= 4 is 11.6 Å². The van der Waals surface area contributed by atoms with Gasteiger partial charge in [-0.25, -0.2) is 0 Å². The summed E-state index contributed by atoms with van der Waals surface area (Å²) in [5, 5.41) is 12.5. The minimum atomic E-state index is -0.124. The molecule has 3 aromatic rings. The summed E-state index contributed by atoms with van der Waals surface area (Å²) >= 11 is 0. The number of anilines is 1. The fourth-order valence-electron chi connectivity index (χ4n) is 3.51. The third-order valence-electron chi connectivity index (χ3n) is 5.13. The van der Waals surface area contributed by atoms with Crippen LogP contribution in [0.3, 0.4) is 0 Å². The van der Waals surface area contributed by atoms with Crippen LogP contribution >= 0.6 is 0 Å². The number of para-hydroxylation sites is 2. The Labute approximate surface area is 183 Å². The van der Waals surface area contributed by atoms with Crippen LogP contribution in [0.2, 0.25) is 0 Å². The van der Waals surface area contributed by atoms with Gasteiger partial charge in [0.25, 0.3) is 0 Å². The molecule has 0 heterocycles. The molecular formula is C26H27N3O2. The lowest BCUT2D eigenvalue weighted by Crippen LogP contribution is -2.40. The second kappa shape index (κ2) is 11.0. The highest BCUT2D eigenvalue weighted by molar-refractivity contribution is 5.96. The lowest BCUT2D eigenvalue weighted by Gasteiger charge is -2.26. The second-order valence-electron chi connectivity index (χ2n) is 7.26. The lowest BCUT2D eigenvalue weighted by molar-refractivity contribution is -0.117. The number of amides is 1. The van der Waals surface area contributed by atoms with Gasteiger partial charge in [0.2, 0.25) is 5.91 Å². The first-order valence-electron chi connectivity index (χ1n) is 10.3. The van der Waals surface area contributed by atoms with Crippen molar-refractivity contribution < 1.29 is 9.53 Å². The Balaban J connectivity index is 1.84. The average Bonchev–Trinajstić information content (AvgIpc) is 2.81. The number of nitrogens with one attached hydrogen (secondary N) is 1. The van der Waals surface area contributed by atoms with E-state index in [-0.39, 0.29) is 24.9 Å². The predicted octanol–water partition coefficient (Wildman–Crippen LogP) is 4.63. The molecule has 0 spiro atoms. The van der Waals surface area contributed by atoms with Gasteiger partial charge in [0.15, 0.2) is 0 Å². The van der Waals surface area contributed by atoms with Crippen molar-refractivity contribution in [3.05, 3.63) is 95.6 Å². The number of carbonyl (C=O) groups is 1.